The van der Waals surface area contributed by atoms with Crippen molar-refractivity contribution in [2.45, 2.75) is 0 Å². The Kier molecular flexibility index (Phi) is 1.90. The molecule has 1 aliphatic rings. The number of carbonyl (C=O) groups excluding carboxylic acids is 1. The summed E-state index contributed by atoms with van der Waals surface area (Å²) >= 11 is 0. The summed E-state index contributed by atoms with van der Waals surface area (Å²) in [7, 11) is 0. The van der Waals surface area contributed by atoms with Crippen LogP contribution in [0.3, 0.4) is 0 Å². The first kappa shape index (κ1) is 8.07. The van der Waals surface area contributed by atoms with Crippen LogP contribution in [-0.2, 0) is 4.79 Å². The van der Waals surface area contributed by atoms with Gasteiger partial charge in [0.05, 0.1) is 0 Å². The van der Waals surface area contributed by atoms with Gasteiger partial charge in [-0.2, -0.15) is 0 Å². The van der Waals surface area contributed by atoms with Crippen LogP contribution < -0.4 is 10.7 Å². The molecule has 1 saturated heterocycles. The minimum Gasteiger partial charge on any atom is -0.343 e. The summed E-state index contributed by atoms with van der Waals surface area (Å²) in [6.07, 6.45) is 0. The molecule has 0 spiro atoms. The topological polar surface area (TPSA) is 49.6 Å². The van der Waals surface area contributed by atoms with E-state index in [0.29, 0.717) is 13.2 Å². The van der Waals surface area contributed by atoms with Gasteiger partial charge >= 0.3 is 0 Å². The summed E-state index contributed by atoms with van der Waals surface area (Å²) in [5.41, 5.74) is 1.03. The third-order valence-corrected chi connectivity index (χ3v) is 2.09. The van der Waals surface area contributed by atoms with Crippen molar-refractivity contribution >= 4 is 11.6 Å². The van der Waals surface area contributed by atoms with E-state index in [1.807, 2.05) is 35.2 Å². The molecular formula is C9H11N3O. The molecule has 13 heavy (non-hydrogen) atoms. The van der Waals surface area contributed by atoms with Crippen LogP contribution in [0.5, 0.6) is 0 Å². The van der Waals surface area contributed by atoms with E-state index in [1.165, 1.54) is 5.01 Å². The molecule has 0 unspecified atom stereocenters. The molecule has 2 rings (SSSR count). The van der Waals surface area contributed by atoms with E-state index >= 15 is 0 Å². The fraction of sp³-hybridized carbons (Fsp3) is 0.222. The van der Waals surface area contributed by atoms with Gasteiger partial charge in [-0.25, -0.2) is 5.84 Å². The van der Waals surface area contributed by atoms with Crippen LogP contribution in [0, 0.1) is 0 Å². The molecule has 1 aromatic carbocycles. The molecule has 0 saturated carbocycles. The van der Waals surface area contributed by atoms with E-state index in [0.717, 1.165) is 5.69 Å². The van der Waals surface area contributed by atoms with Gasteiger partial charge in [-0.1, -0.05) is 18.2 Å². The van der Waals surface area contributed by atoms with Gasteiger partial charge in [0, 0.05) is 5.69 Å². The normalized spacial score (nSPS) is 16.8. The predicted octanol–water partition coefficient (Wildman–Crippen LogP) is 0.166. The highest BCUT2D eigenvalue weighted by Gasteiger charge is 2.24. The molecule has 0 aromatic heterocycles. The number of carbonyl (C=O) groups is 1. The third-order valence-electron chi connectivity index (χ3n) is 2.09. The first-order valence-electron chi connectivity index (χ1n) is 4.12. The maximum atomic E-state index is 11.1. The van der Waals surface area contributed by atoms with Gasteiger partial charge in [-0.3, -0.25) is 9.80 Å². The minimum atomic E-state index is -0.0381. The lowest BCUT2D eigenvalue weighted by molar-refractivity contribution is -0.126. The molecule has 0 atom stereocenters. The maximum absolute atomic E-state index is 11.1. The number of hydrogen-bond acceptors (Lipinski definition) is 3. The lowest BCUT2D eigenvalue weighted by Crippen LogP contribution is -2.33. The molecule has 1 fully saturated rings. The molecule has 0 aliphatic carbocycles. The summed E-state index contributed by atoms with van der Waals surface area (Å²) in [5.74, 6) is 5.41. The van der Waals surface area contributed by atoms with Gasteiger partial charge in [0.1, 0.15) is 13.2 Å². The molecule has 4 heteroatoms. The number of benzene rings is 1. The summed E-state index contributed by atoms with van der Waals surface area (Å²) < 4.78 is 0. The molecule has 4 nitrogen and oxygen atoms in total. The van der Waals surface area contributed by atoms with Crippen LogP contribution in [-0.4, -0.2) is 24.1 Å². The zero-order valence-corrected chi connectivity index (χ0v) is 7.18. The van der Waals surface area contributed by atoms with E-state index in [9.17, 15) is 4.79 Å². The number of hydrogen-bond donors (Lipinski definition) is 1. The highest BCUT2D eigenvalue weighted by atomic mass is 16.2. The van der Waals surface area contributed by atoms with Crippen LogP contribution in [0.25, 0.3) is 0 Å². The molecule has 0 bridgehead atoms. The van der Waals surface area contributed by atoms with Crippen molar-refractivity contribution in [1.82, 2.24) is 5.01 Å². The summed E-state index contributed by atoms with van der Waals surface area (Å²) in [6, 6.07) is 9.76. The second-order valence-electron chi connectivity index (χ2n) is 3.04. The van der Waals surface area contributed by atoms with E-state index < -0.39 is 0 Å². The molecule has 1 amide bonds. The second kappa shape index (κ2) is 3.06. The van der Waals surface area contributed by atoms with Gasteiger partial charge in [0.15, 0.2) is 0 Å². The van der Waals surface area contributed by atoms with Crippen molar-refractivity contribution in [2.24, 2.45) is 5.84 Å². The molecule has 1 aromatic rings. The monoisotopic (exact) mass is 177 g/mol. The highest BCUT2D eigenvalue weighted by Crippen LogP contribution is 2.16. The first-order valence-corrected chi connectivity index (χ1v) is 4.12. The Hall–Kier alpha value is -1.55. The van der Waals surface area contributed by atoms with Crippen molar-refractivity contribution in [3.05, 3.63) is 30.3 Å². The van der Waals surface area contributed by atoms with Gasteiger partial charge < -0.3 is 4.90 Å². The quantitative estimate of drug-likeness (QED) is 0.491. The van der Waals surface area contributed by atoms with Crippen LogP contribution in [0.2, 0.25) is 0 Å². The zero-order valence-electron chi connectivity index (χ0n) is 7.18. The van der Waals surface area contributed by atoms with Crippen molar-refractivity contribution in [3.63, 3.8) is 0 Å². The molecule has 2 N–H and O–H groups in total. The number of para-hydroxylation sites is 1. The van der Waals surface area contributed by atoms with Gasteiger partial charge in [0.25, 0.3) is 5.91 Å². The maximum Gasteiger partial charge on any atom is 0.257 e. The average Bonchev–Trinajstić information content (AvgIpc) is 2.49. The number of nitrogens with zero attached hydrogens (tertiary/aromatic N) is 2. The molecule has 1 heterocycles. The Labute approximate surface area is 76.5 Å². The SMILES string of the molecule is NN1CN(c2ccccc2)CC1=O. The molecular weight excluding hydrogens is 166 g/mol. The number of rotatable bonds is 1. The number of amides is 1. The van der Waals surface area contributed by atoms with Gasteiger partial charge in [-0.05, 0) is 12.1 Å². The highest BCUT2D eigenvalue weighted by molar-refractivity contribution is 5.84. The van der Waals surface area contributed by atoms with Crippen LogP contribution in [0.4, 0.5) is 5.69 Å². The fourth-order valence-electron chi connectivity index (χ4n) is 1.38. The Morgan fingerprint density at radius 2 is 1.92 bits per heavy atom. The fourth-order valence-corrected chi connectivity index (χ4v) is 1.38. The van der Waals surface area contributed by atoms with Gasteiger partial charge in [0.2, 0.25) is 0 Å². The Balaban J connectivity index is 2.17. The first-order chi connectivity index (χ1) is 6.27. The minimum absolute atomic E-state index is 0.0381. The van der Waals surface area contributed by atoms with E-state index in [1.54, 1.807) is 0 Å². The molecule has 68 valence electrons. The Morgan fingerprint density at radius 1 is 1.23 bits per heavy atom. The van der Waals surface area contributed by atoms with Crippen LogP contribution in [0.15, 0.2) is 30.3 Å². The van der Waals surface area contributed by atoms with Crippen molar-refractivity contribution in [1.29, 1.82) is 0 Å². The lowest BCUT2D eigenvalue weighted by atomic mass is 10.3. The van der Waals surface area contributed by atoms with Crippen LogP contribution >= 0.6 is 0 Å². The average molecular weight is 177 g/mol. The number of hydrazine groups is 1. The predicted molar refractivity (Wildman–Crippen MR) is 49.7 cm³/mol. The second-order valence-corrected chi connectivity index (χ2v) is 3.04. The summed E-state index contributed by atoms with van der Waals surface area (Å²) in [4.78, 5) is 13.0. The van der Waals surface area contributed by atoms with Crippen molar-refractivity contribution in [3.8, 4) is 0 Å². The molecule has 1 aliphatic heterocycles. The smallest absolute Gasteiger partial charge is 0.257 e. The zero-order chi connectivity index (χ0) is 9.26. The van der Waals surface area contributed by atoms with Crippen molar-refractivity contribution in [2.75, 3.05) is 18.1 Å². The largest absolute Gasteiger partial charge is 0.343 e. The standard InChI is InChI=1S/C9H11N3O/c10-12-7-11(6-9(12)13)8-4-2-1-3-5-8/h1-5H,6-7,10H2. The summed E-state index contributed by atoms with van der Waals surface area (Å²) in [6.45, 7) is 0.851. The summed E-state index contributed by atoms with van der Waals surface area (Å²) in [5, 5.41) is 1.23. The lowest BCUT2D eigenvalue weighted by Gasteiger charge is -2.16. The third kappa shape index (κ3) is 1.48. The van der Waals surface area contributed by atoms with E-state index in [4.69, 9.17) is 5.84 Å². The van der Waals surface area contributed by atoms with Crippen LogP contribution in [0.1, 0.15) is 0 Å². The Morgan fingerprint density at radius 3 is 2.46 bits per heavy atom. The number of anilines is 1. The van der Waals surface area contributed by atoms with Gasteiger partial charge in [-0.15, -0.1) is 0 Å². The van der Waals surface area contributed by atoms with Crippen molar-refractivity contribution < 1.29 is 4.79 Å². The number of nitrogens with two attached hydrogens (primary N) is 1. The van der Waals surface area contributed by atoms with E-state index in [-0.39, 0.29) is 5.91 Å². The van der Waals surface area contributed by atoms with E-state index in [2.05, 4.69) is 0 Å². The Bertz CT molecular complexity index is 312. The molecule has 0 radical (unpaired) electrons.